The number of aromatic nitrogens is 2. The lowest BCUT2D eigenvalue weighted by Gasteiger charge is -2.00. The van der Waals surface area contributed by atoms with Crippen LogP contribution >= 0.6 is 11.8 Å². The first-order chi connectivity index (χ1) is 8.54. The lowest BCUT2D eigenvalue weighted by atomic mass is 10.3. The Morgan fingerprint density at radius 3 is 2.56 bits per heavy atom. The summed E-state index contributed by atoms with van der Waals surface area (Å²) in [6.45, 7) is 0. The standard InChI is InChI=1S/C10H10N4O3S/c11-7-2-8(12)14-10(13-7)18-4-6-1-5(3-17-6)9(15)16/h1-3H,4H2,(H,15,16)(H4,11,12,13,14). The number of thioether (sulfide) groups is 1. The van der Waals surface area contributed by atoms with Crippen molar-refractivity contribution < 1.29 is 14.3 Å². The van der Waals surface area contributed by atoms with Crippen molar-refractivity contribution in [2.24, 2.45) is 0 Å². The minimum atomic E-state index is -1.03. The molecule has 0 aliphatic rings. The van der Waals surface area contributed by atoms with Gasteiger partial charge in [0.25, 0.3) is 0 Å². The average molecular weight is 266 g/mol. The number of carbonyl (C=O) groups is 1. The van der Waals surface area contributed by atoms with Crippen LogP contribution in [-0.2, 0) is 5.75 Å². The number of nitrogen functional groups attached to an aromatic ring is 2. The number of hydrogen-bond acceptors (Lipinski definition) is 7. The average Bonchev–Trinajstić information content (AvgIpc) is 2.73. The van der Waals surface area contributed by atoms with Gasteiger partial charge in [-0.25, -0.2) is 14.8 Å². The molecule has 7 nitrogen and oxygen atoms in total. The molecule has 94 valence electrons. The molecule has 18 heavy (non-hydrogen) atoms. The molecule has 2 rings (SSSR count). The number of nitrogens with two attached hydrogens (primary N) is 2. The van der Waals surface area contributed by atoms with Crippen molar-refractivity contribution in [2.75, 3.05) is 11.5 Å². The van der Waals surface area contributed by atoms with Gasteiger partial charge in [-0.05, 0) is 6.07 Å². The van der Waals surface area contributed by atoms with Gasteiger partial charge in [0.15, 0.2) is 5.16 Å². The van der Waals surface area contributed by atoms with Crippen LogP contribution in [-0.4, -0.2) is 21.0 Å². The van der Waals surface area contributed by atoms with Gasteiger partial charge < -0.3 is 21.0 Å². The van der Waals surface area contributed by atoms with E-state index in [9.17, 15) is 4.79 Å². The smallest absolute Gasteiger partial charge is 0.338 e. The van der Waals surface area contributed by atoms with Gasteiger partial charge in [0, 0.05) is 6.07 Å². The number of nitrogens with zero attached hydrogens (tertiary/aromatic N) is 2. The lowest BCUT2D eigenvalue weighted by Crippen LogP contribution is -1.99. The highest BCUT2D eigenvalue weighted by molar-refractivity contribution is 7.98. The van der Waals surface area contributed by atoms with Gasteiger partial charge in [-0.15, -0.1) is 0 Å². The monoisotopic (exact) mass is 266 g/mol. The third-order valence-corrected chi connectivity index (χ3v) is 2.86. The third kappa shape index (κ3) is 2.92. The first kappa shape index (κ1) is 12.2. The second kappa shape index (κ2) is 4.96. The van der Waals surface area contributed by atoms with Crippen molar-refractivity contribution in [3.63, 3.8) is 0 Å². The minimum Gasteiger partial charge on any atom is -0.478 e. The van der Waals surface area contributed by atoms with Crippen LogP contribution in [0.3, 0.4) is 0 Å². The van der Waals surface area contributed by atoms with Gasteiger partial charge in [0.05, 0.1) is 11.3 Å². The summed E-state index contributed by atoms with van der Waals surface area (Å²) in [5.74, 6) is 0.462. The normalized spacial score (nSPS) is 10.4. The van der Waals surface area contributed by atoms with Crippen molar-refractivity contribution in [1.29, 1.82) is 0 Å². The second-order valence-electron chi connectivity index (χ2n) is 3.40. The van der Waals surface area contributed by atoms with E-state index in [1.54, 1.807) is 0 Å². The molecule has 0 aromatic carbocycles. The largest absolute Gasteiger partial charge is 0.478 e. The number of aromatic carboxylic acids is 1. The van der Waals surface area contributed by atoms with Gasteiger partial charge >= 0.3 is 5.97 Å². The molecular weight excluding hydrogens is 256 g/mol. The van der Waals surface area contributed by atoms with E-state index in [1.807, 2.05) is 0 Å². The topological polar surface area (TPSA) is 128 Å². The molecule has 0 bridgehead atoms. The molecule has 0 atom stereocenters. The summed E-state index contributed by atoms with van der Waals surface area (Å²) >= 11 is 1.26. The summed E-state index contributed by atoms with van der Waals surface area (Å²) in [6, 6.07) is 2.91. The van der Waals surface area contributed by atoms with Crippen molar-refractivity contribution >= 4 is 29.4 Å². The maximum Gasteiger partial charge on any atom is 0.338 e. The Hall–Kier alpha value is -2.22. The highest BCUT2D eigenvalue weighted by Gasteiger charge is 2.09. The molecule has 2 aromatic rings. The maximum absolute atomic E-state index is 10.7. The summed E-state index contributed by atoms with van der Waals surface area (Å²) in [4.78, 5) is 18.6. The summed E-state index contributed by atoms with van der Waals surface area (Å²) in [5, 5.41) is 9.15. The van der Waals surface area contributed by atoms with Crippen LogP contribution in [0.1, 0.15) is 16.1 Å². The van der Waals surface area contributed by atoms with Crippen LogP contribution in [0.25, 0.3) is 0 Å². The molecule has 0 spiro atoms. The fourth-order valence-corrected chi connectivity index (χ4v) is 1.99. The zero-order valence-electron chi connectivity index (χ0n) is 9.16. The van der Waals surface area contributed by atoms with Crippen LogP contribution in [0.2, 0.25) is 0 Å². The number of rotatable bonds is 4. The third-order valence-electron chi connectivity index (χ3n) is 1.99. The zero-order chi connectivity index (χ0) is 13.1. The Bertz CT molecular complexity index is 564. The van der Waals surface area contributed by atoms with Crippen molar-refractivity contribution in [3.05, 3.63) is 29.7 Å². The van der Waals surface area contributed by atoms with Gasteiger partial charge in [0.2, 0.25) is 0 Å². The Labute approximate surface area is 106 Å². The van der Waals surface area contributed by atoms with Gasteiger partial charge in [-0.3, -0.25) is 0 Å². The van der Waals surface area contributed by atoms with Gasteiger partial charge in [0.1, 0.15) is 23.7 Å². The van der Waals surface area contributed by atoms with Crippen LogP contribution < -0.4 is 11.5 Å². The number of hydrogen-bond donors (Lipinski definition) is 3. The molecule has 2 aromatic heterocycles. The molecule has 2 heterocycles. The van der Waals surface area contributed by atoms with E-state index in [-0.39, 0.29) is 17.2 Å². The van der Waals surface area contributed by atoms with Crippen molar-refractivity contribution in [2.45, 2.75) is 10.9 Å². The molecule has 5 N–H and O–H groups in total. The fraction of sp³-hybridized carbons (Fsp3) is 0.100. The van der Waals surface area contributed by atoms with E-state index >= 15 is 0 Å². The zero-order valence-corrected chi connectivity index (χ0v) is 9.98. The van der Waals surface area contributed by atoms with Crippen LogP contribution in [0, 0.1) is 0 Å². The summed E-state index contributed by atoms with van der Waals surface area (Å²) in [5.41, 5.74) is 11.2. The van der Waals surface area contributed by atoms with E-state index in [0.29, 0.717) is 16.7 Å². The molecule has 0 aliphatic carbocycles. The minimum absolute atomic E-state index is 0.110. The molecule has 0 amide bonds. The highest BCUT2D eigenvalue weighted by atomic mass is 32.2. The first-order valence-electron chi connectivity index (χ1n) is 4.88. The van der Waals surface area contributed by atoms with E-state index < -0.39 is 5.97 Å². The second-order valence-corrected chi connectivity index (χ2v) is 4.34. The SMILES string of the molecule is Nc1cc(N)nc(SCc2cc(C(=O)O)co2)n1. The number of carboxylic acid groups (broad SMARTS) is 1. The quantitative estimate of drug-likeness (QED) is 0.556. The number of furan rings is 1. The Morgan fingerprint density at radius 2 is 2.00 bits per heavy atom. The highest BCUT2D eigenvalue weighted by Crippen LogP contribution is 2.22. The molecule has 0 aliphatic heterocycles. The van der Waals surface area contributed by atoms with Gasteiger partial charge in [-0.2, -0.15) is 0 Å². The fourth-order valence-electron chi connectivity index (χ4n) is 1.23. The van der Waals surface area contributed by atoms with Crippen molar-refractivity contribution in [3.8, 4) is 0 Å². The van der Waals surface area contributed by atoms with Crippen LogP contribution in [0.5, 0.6) is 0 Å². The Balaban J connectivity index is 2.04. The molecule has 8 heteroatoms. The van der Waals surface area contributed by atoms with Crippen LogP contribution in [0.4, 0.5) is 11.6 Å². The van der Waals surface area contributed by atoms with E-state index in [0.717, 1.165) is 0 Å². The Morgan fingerprint density at radius 1 is 1.33 bits per heavy atom. The predicted octanol–water partition coefficient (Wildman–Crippen LogP) is 1.22. The van der Waals surface area contributed by atoms with Crippen LogP contribution in [0.15, 0.2) is 28.0 Å². The van der Waals surface area contributed by atoms with E-state index in [2.05, 4.69) is 9.97 Å². The predicted molar refractivity (Wildman–Crippen MR) is 66.1 cm³/mol. The lowest BCUT2D eigenvalue weighted by molar-refractivity contribution is 0.0696. The number of anilines is 2. The molecule has 0 fully saturated rings. The van der Waals surface area contributed by atoms with E-state index in [1.165, 1.54) is 30.2 Å². The summed E-state index contributed by atoms with van der Waals surface area (Å²) in [6.07, 6.45) is 1.19. The molecule has 0 saturated heterocycles. The molecule has 0 radical (unpaired) electrons. The maximum atomic E-state index is 10.7. The first-order valence-corrected chi connectivity index (χ1v) is 5.86. The Kier molecular flexibility index (Phi) is 3.38. The molecule has 0 unspecified atom stereocenters. The molecular formula is C10H10N4O3S. The van der Waals surface area contributed by atoms with Gasteiger partial charge in [-0.1, -0.05) is 11.8 Å². The number of carboxylic acids is 1. The summed E-state index contributed by atoms with van der Waals surface area (Å²) in [7, 11) is 0. The van der Waals surface area contributed by atoms with E-state index in [4.69, 9.17) is 21.0 Å². The molecule has 0 saturated carbocycles. The van der Waals surface area contributed by atoms with Crippen molar-refractivity contribution in [1.82, 2.24) is 9.97 Å². The summed E-state index contributed by atoms with van der Waals surface area (Å²) < 4.78 is 5.09.